The average Bonchev–Trinajstić information content (AvgIpc) is 2.39. The van der Waals surface area contributed by atoms with Gasteiger partial charge in [-0.2, -0.15) is 0 Å². The summed E-state index contributed by atoms with van der Waals surface area (Å²) in [6.07, 6.45) is 0.410. The SMILES string of the molecule is COCCOCOc1cc(C=O)c(F)cc1OC. The van der Waals surface area contributed by atoms with Gasteiger partial charge in [-0.3, -0.25) is 4.79 Å². The number of methoxy groups -OCH3 is 2. The molecule has 0 amide bonds. The van der Waals surface area contributed by atoms with Crippen LogP contribution in [0.1, 0.15) is 10.4 Å². The number of carbonyl (C=O) groups is 1. The minimum absolute atomic E-state index is 0.0380. The Balaban J connectivity index is 2.65. The van der Waals surface area contributed by atoms with Crippen LogP contribution in [0.5, 0.6) is 11.5 Å². The molecule has 18 heavy (non-hydrogen) atoms. The number of benzene rings is 1. The van der Waals surface area contributed by atoms with E-state index in [-0.39, 0.29) is 23.9 Å². The van der Waals surface area contributed by atoms with Crippen LogP contribution in [-0.2, 0) is 9.47 Å². The summed E-state index contributed by atoms with van der Waals surface area (Å²) < 4.78 is 33.4. The quantitative estimate of drug-likeness (QED) is 0.403. The lowest BCUT2D eigenvalue weighted by atomic mass is 10.2. The van der Waals surface area contributed by atoms with E-state index in [0.29, 0.717) is 19.5 Å². The highest BCUT2D eigenvalue weighted by molar-refractivity contribution is 5.76. The number of hydrogen-bond acceptors (Lipinski definition) is 5. The van der Waals surface area contributed by atoms with E-state index in [0.717, 1.165) is 6.07 Å². The van der Waals surface area contributed by atoms with Gasteiger partial charge < -0.3 is 18.9 Å². The predicted octanol–water partition coefficient (Wildman–Crippen LogP) is 1.65. The van der Waals surface area contributed by atoms with Gasteiger partial charge in [0.15, 0.2) is 24.6 Å². The number of rotatable bonds is 8. The normalized spacial score (nSPS) is 10.2. The van der Waals surface area contributed by atoms with Gasteiger partial charge in [-0.25, -0.2) is 4.39 Å². The monoisotopic (exact) mass is 258 g/mol. The topological polar surface area (TPSA) is 54.0 Å². The Bertz CT molecular complexity index is 394. The van der Waals surface area contributed by atoms with Crippen LogP contribution >= 0.6 is 0 Å². The molecule has 0 aliphatic carbocycles. The van der Waals surface area contributed by atoms with E-state index >= 15 is 0 Å². The molecule has 0 radical (unpaired) electrons. The fraction of sp³-hybridized carbons (Fsp3) is 0.417. The lowest BCUT2D eigenvalue weighted by Gasteiger charge is -2.11. The van der Waals surface area contributed by atoms with Crippen molar-refractivity contribution in [2.75, 3.05) is 34.2 Å². The summed E-state index contributed by atoms with van der Waals surface area (Å²) in [5.74, 6) is -0.207. The summed E-state index contributed by atoms with van der Waals surface area (Å²) in [5, 5.41) is 0. The Morgan fingerprint density at radius 3 is 2.61 bits per heavy atom. The number of ether oxygens (including phenoxy) is 4. The zero-order valence-corrected chi connectivity index (χ0v) is 10.3. The molecule has 0 aliphatic heterocycles. The number of aldehydes is 1. The van der Waals surface area contributed by atoms with Gasteiger partial charge in [0.1, 0.15) is 5.82 Å². The second kappa shape index (κ2) is 7.62. The maximum atomic E-state index is 13.3. The maximum absolute atomic E-state index is 13.3. The lowest BCUT2D eigenvalue weighted by Crippen LogP contribution is -2.08. The molecule has 0 bridgehead atoms. The van der Waals surface area contributed by atoms with Crippen LogP contribution in [-0.4, -0.2) is 40.5 Å². The Morgan fingerprint density at radius 1 is 1.22 bits per heavy atom. The number of halogens is 1. The van der Waals surface area contributed by atoms with Crippen molar-refractivity contribution in [2.45, 2.75) is 0 Å². The van der Waals surface area contributed by atoms with Gasteiger partial charge in [0.05, 0.1) is 25.9 Å². The molecule has 100 valence electrons. The molecule has 5 nitrogen and oxygen atoms in total. The van der Waals surface area contributed by atoms with Crippen LogP contribution in [0.3, 0.4) is 0 Å². The molecule has 0 fully saturated rings. The molecule has 0 aliphatic rings. The molecule has 0 saturated carbocycles. The Kier molecular flexibility index (Phi) is 6.10. The predicted molar refractivity (Wildman–Crippen MR) is 61.7 cm³/mol. The molecule has 6 heteroatoms. The summed E-state index contributed by atoms with van der Waals surface area (Å²) in [7, 11) is 2.94. The van der Waals surface area contributed by atoms with Crippen LogP contribution in [0, 0.1) is 5.82 Å². The third kappa shape index (κ3) is 3.97. The largest absolute Gasteiger partial charge is 0.493 e. The second-order valence-corrected chi connectivity index (χ2v) is 3.31. The van der Waals surface area contributed by atoms with E-state index in [4.69, 9.17) is 18.9 Å². The summed E-state index contributed by atoms with van der Waals surface area (Å²) in [6, 6.07) is 2.36. The smallest absolute Gasteiger partial charge is 0.189 e. The van der Waals surface area contributed by atoms with Crippen molar-refractivity contribution < 1.29 is 28.1 Å². The molecule has 1 aromatic carbocycles. The van der Waals surface area contributed by atoms with Gasteiger partial charge in [-0.1, -0.05) is 0 Å². The first kappa shape index (κ1) is 14.4. The van der Waals surface area contributed by atoms with Crippen molar-refractivity contribution in [3.8, 4) is 11.5 Å². The molecule has 0 heterocycles. The zero-order chi connectivity index (χ0) is 13.4. The van der Waals surface area contributed by atoms with Crippen LogP contribution in [0.15, 0.2) is 12.1 Å². The van der Waals surface area contributed by atoms with Gasteiger partial charge in [0.25, 0.3) is 0 Å². The number of carbonyl (C=O) groups excluding carboxylic acids is 1. The molecular formula is C12H15FO5. The molecule has 0 N–H and O–H groups in total. The van der Waals surface area contributed by atoms with Crippen molar-refractivity contribution in [2.24, 2.45) is 0 Å². The second-order valence-electron chi connectivity index (χ2n) is 3.31. The maximum Gasteiger partial charge on any atom is 0.189 e. The van der Waals surface area contributed by atoms with Gasteiger partial charge >= 0.3 is 0 Å². The fourth-order valence-electron chi connectivity index (χ4n) is 1.22. The first-order valence-electron chi connectivity index (χ1n) is 5.25. The lowest BCUT2D eigenvalue weighted by molar-refractivity contribution is -0.00951. The molecule has 0 saturated heterocycles. The first-order chi connectivity index (χ1) is 8.72. The van der Waals surface area contributed by atoms with E-state index in [1.807, 2.05) is 0 Å². The Morgan fingerprint density at radius 2 is 2.00 bits per heavy atom. The molecule has 1 rings (SSSR count). The third-order valence-electron chi connectivity index (χ3n) is 2.14. The molecule has 0 spiro atoms. The summed E-state index contributed by atoms with van der Waals surface area (Å²) in [6.45, 7) is 0.785. The van der Waals surface area contributed by atoms with Crippen molar-refractivity contribution in [1.29, 1.82) is 0 Å². The molecule has 0 unspecified atom stereocenters. The molecule has 0 aromatic heterocycles. The van der Waals surface area contributed by atoms with E-state index < -0.39 is 5.82 Å². The van der Waals surface area contributed by atoms with Crippen molar-refractivity contribution in [3.05, 3.63) is 23.5 Å². The summed E-state index contributed by atoms with van der Waals surface area (Å²) in [5.41, 5.74) is -0.0947. The van der Waals surface area contributed by atoms with E-state index in [1.165, 1.54) is 13.2 Å². The molecule has 1 aromatic rings. The summed E-state index contributed by atoms with van der Waals surface area (Å²) >= 11 is 0. The van der Waals surface area contributed by atoms with Crippen molar-refractivity contribution in [3.63, 3.8) is 0 Å². The van der Waals surface area contributed by atoms with Gasteiger partial charge in [-0.15, -0.1) is 0 Å². The van der Waals surface area contributed by atoms with Gasteiger partial charge in [0, 0.05) is 13.2 Å². The highest BCUT2D eigenvalue weighted by Crippen LogP contribution is 2.29. The molecular weight excluding hydrogens is 243 g/mol. The standard InChI is InChI=1S/C12H15FO5/c1-15-3-4-17-8-18-12-5-9(7-14)10(13)6-11(12)16-2/h5-7H,3-4,8H2,1-2H3. The zero-order valence-electron chi connectivity index (χ0n) is 10.3. The van der Waals surface area contributed by atoms with Crippen LogP contribution in [0.25, 0.3) is 0 Å². The van der Waals surface area contributed by atoms with E-state index in [1.54, 1.807) is 7.11 Å². The Labute approximate surface area is 104 Å². The minimum atomic E-state index is -0.658. The first-order valence-corrected chi connectivity index (χ1v) is 5.25. The van der Waals surface area contributed by atoms with Crippen LogP contribution in [0.4, 0.5) is 4.39 Å². The van der Waals surface area contributed by atoms with Gasteiger partial charge in [0.2, 0.25) is 0 Å². The highest BCUT2D eigenvalue weighted by Gasteiger charge is 2.11. The minimum Gasteiger partial charge on any atom is -0.493 e. The van der Waals surface area contributed by atoms with Crippen molar-refractivity contribution >= 4 is 6.29 Å². The van der Waals surface area contributed by atoms with E-state index in [2.05, 4.69) is 0 Å². The number of hydrogen-bond donors (Lipinski definition) is 0. The average molecular weight is 258 g/mol. The van der Waals surface area contributed by atoms with Gasteiger partial charge in [-0.05, 0) is 6.07 Å². The Hall–Kier alpha value is -1.66. The fourth-order valence-corrected chi connectivity index (χ4v) is 1.22. The van der Waals surface area contributed by atoms with Crippen LogP contribution in [0.2, 0.25) is 0 Å². The van der Waals surface area contributed by atoms with Crippen molar-refractivity contribution in [1.82, 2.24) is 0 Å². The summed E-state index contributed by atoms with van der Waals surface area (Å²) in [4.78, 5) is 10.6. The third-order valence-corrected chi connectivity index (χ3v) is 2.14. The highest BCUT2D eigenvalue weighted by atomic mass is 19.1. The molecule has 0 atom stereocenters. The van der Waals surface area contributed by atoms with Crippen LogP contribution < -0.4 is 9.47 Å². The van der Waals surface area contributed by atoms with E-state index in [9.17, 15) is 9.18 Å².